The molecule has 1 amide bonds. The molecule has 8 rings (SSSR count). The molecule has 264 valence electrons. The van der Waals surface area contributed by atoms with Crippen LogP contribution in [-0.4, -0.2) is 105 Å². The Balaban J connectivity index is 0.000000510. The Bertz CT molecular complexity index is 1900. The molecule has 3 fully saturated rings. The Morgan fingerprint density at radius 2 is 1.80 bits per heavy atom. The van der Waals surface area contributed by atoms with Crippen molar-refractivity contribution in [3.8, 4) is 11.4 Å². The van der Waals surface area contributed by atoms with E-state index in [1.165, 1.54) is 24.6 Å². The van der Waals surface area contributed by atoms with Crippen LogP contribution in [0.3, 0.4) is 0 Å². The third kappa shape index (κ3) is 6.66. The molecule has 1 saturated carbocycles. The lowest BCUT2D eigenvalue weighted by molar-refractivity contribution is -0.192. The number of carbonyl (C=O) groups excluding carboxylic acids is 1. The monoisotopic (exact) mass is 696 g/mol. The number of aromatic nitrogens is 5. The van der Waals surface area contributed by atoms with Gasteiger partial charge in [0.2, 0.25) is 0 Å². The van der Waals surface area contributed by atoms with Gasteiger partial charge >= 0.3 is 12.1 Å². The lowest BCUT2D eigenvalue weighted by Crippen LogP contribution is -2.59. The number of piperidine rings is 1. The zero-order valence-electron chi connectivity index (χ0n) is 27.2. The van der Waals surface area contributed by atoms with Crippen LogP contribution in [0.4, 0.5) is 34.8 Å². The minimum atomic E-state index is -5.08. The number of carboxylic acid groups (broad SMARTS) is 1. The zero-order valence-corrected chi connectivity index (χ0v) is 27.2. The number of fused-ring (bicyclic) bond motifs is 2. The summed E-state index contributed by atoms with van der Waals surface area (Å²) in [6.07, 6.45) is 3.06. The Hall–Kier alpha value is -4.90. The number of hydrogen-bond acceptors (Lipinski definition) is 10. The maximum absolute atomic E-state index is 13.4. The highest BCUT2D eigenvalue weighted by Crippen LogP contribution is 2.41. The lowest BCUT2D eigenvalue weighted by Gasteiger charge is -2.52. The second kappa shape index (κ2) is 13.1. The summed E-state index contributed by atoms with van der Waals surface area (Å²) >= 11 is 0. The fourth-order valence-corrected chi connectivity index (χ4v) is 6.98. The Morgan fingerprint density at radius 1 is 1.10 bits per heavy atom. The minimum absolute atomic E-state index is 0.276. The summed E-state index contributed by atoms with van der Waals surface area (Å²) in [5.74, 6) is -1.73. The summed E-state index contributed by atoms with van der Waals surface area (Å²) in [6.45, 7) is 6.21. The molecule has 17 heteroatoms. The van der Waals surface area contributed by atoms with Gasteiger partial charge in [0.15, 0.2) is 23.0 Å². The molecule has 3 aliphatic heterocycles. The topological polar surface area (TPSA) is 153 Å². The summed E-state index contributed by atoms with van der Waals surface area (Å²) < 4.78 is 46.7. The van der Waals surface area contributed by atoms with Crippen LogP contribution in [0.1, 0.15) is 40.9 Å². The molecule has 1 aliphatic carbocycles. The van der Waals surface area contributed by atoms with Gasteiger partial charge in [-0.25, -0.2) is 28.7 Å². The summed E-state index contributed by atoms with van der Waals surface area (Å²) in [5.41, 5.74) is 6.44. The molecule has 2 saturated heterocycles. The van der Waals surface area contributed by atoms with Crippen LogP contribution >= 0.6 is 0 Å². The van der Waals surface area contributed by atoms with Crippen molar-refractivity contribution in [2.45, 2.75) is 50.6 Å². The zero-order chi connectivity index (χ0) is 35.2. The predicted molar refractivity (Wildman–Crippen MR) is 175 cm³/mol. The minimum Gasteiger partial charge on any atom is -0.475 e. The molecule has 1 spiro atoms. The van der Waals surface area contributed by atoms with Crippen LogP contribution in [0.15, 0.2) is 42.9 Å². The molecule has 6 heterocycles. The third-order valence-electron chi connectivity index (χ3n) is 9.67. The number of anilines is 3. The highest BCUT2D eigenvalue weighted by molar-refractivity contribution is 5.94. The van der Waals surface area contributed by atoms with Crippen LogP contribution < -0.4 is 20.9 Å². The number of nitrogens with one attached hydrogen (secondary N) is 3. The highest BCUT2D eigenvalue weighted by Gasteiger charge is 2.43. The molecule has 3 aromatic heterocycles. The van der Waals surface area contributed by atoms with Gasteiger partial charge in [-0.05, 0) is 49.4 Å². The number of halogens is 4. The lowest BCUT2D eigenvalue weighted by atomic mass is 9.72. The van der Waals surface area contributed by atoms with E-state index in [-0.39, 0.29) is 11.6 Å². The van der Waals surface area contributed by atoms with Gasteiger partial charge in [-0.3, -0.25) is 9.69 Å². The van der Waals surface area contributed by atoms with Crippen LogP contribution in [0.5, 0.6) is 0 Å². The molecule has 4 N–H and O–H groups in total. The normalized spacial score (nSPS) is 20.9. The number of benzene rings is 1. The summed E-state index contributed by atoms with van der Waals surface area (Å²) in [7, 11) is 1.82. The van der Waals surface area contributed by atoms with E-state index in [2.05, 4.69) is 42.9 Å². The largest absolute Gasteiger partial charge is 0.490 e. The van der Waals surface area contributed by atoms with Crippen molar-refractivity contribution >= 4 is 34.7 Å². The van der Waals surface area contributed by atoms with E-state index >= 15 is 0 Å². The van der Waals surface area contributed by atoms with Crippen molar-refractivity contribution < 1.29 is 32.3 Å². The number of aliphatic carboxylic acids is 1. The summed E-state index contributed by atoms with van der Waals surface area (Å²) in [5, 5.41) is 21.3. The summed E-state index contributed by atoms with van der Waals surface area (Å²) in [6, 6.07) is 7.70. The number of nitrogens with zero attached hydrogens (tertiary/aromatic N) is 7. The van der Waals surface area contributed by atoms with Gasteiger partial charge in [-0.1, -0.05) is 12.1 Å². The molecule has 50 heavy (non-hydrogen) atoms. The van der Waals surface area contributed by atoms with Crippen LogP contribution in [0.25, 0.3) is 17.0 Å². The highest BCUT2D eigenvalue weighted by atomic mass is 19.4. The van der Waals surface area contributed by atoms with E-state index in [9.17, 15) is 22.4 Å². The number of hydrogen-bond donors (Lipinski definition) is 4. The molecule has 0 bridgehead atoms. The molecule has 4 aliphatic rings. The summed E-state index contributed by atoms with van der Waals surface area (Å²) in [4.78, 5) is 40.4. The van der Waals surface area contributed by atoms with Gasteiger partial charge in [0.25, 0.3) is 5.91 Å². The first-order chi connectivity index (χ1) is 23.9. The van der Waals surface area contributed by atoms with Gasteiger partial charge < -0.3 is 26.0 Å². The molecule has 4 aromatic rings. The van der Waals surface area contributed by atoms with Crippen LogP contribution in [0, 0.1) is 5.41 Å². The first-order valence-electron chi connectivity index (χ1n) is 16.4. The molecule has 1 aromatic carbocycles. The standard InChI is InChI=1S/C31H35FN10O.C2HF3O2/c1-33-24-12-27(39-42-26(15-37-29(24)42)30(43)38-23-11-22(23)32)41-10-5-20-21(3-2-4-25(20)41)28-35-13-19(14-36-28)16-40-17-31(18-40)6-8-34-9-7-31;3-2(4,5)1(6)7/h2-4,12-15,22-23,33-34H,5-11,16-18H2,1H3,(H,38,43);(H,6,7)/t22-,23+;/m0./s1. The molecule has 2 atom stereocenters. The Labute approximate surface area is 284 Å². The van der Waals surface area contributed by atoms with Crippen LogP contribution in [0.2, 0.25) is 0 Å². The SMILES string of the molecule is CNc1cc(N2CCc3c(-c4ncc(CN5CC6(CCNCC6)C5)cn4)cccc32)nn2c(C(=O)N[C@@H]3C[C@@H]3F)cnc12.O=C(O)C(F)(F)F. The average Bonchev–Trinajstić information content (AvgIpc) is 3.43. The van der Waals surface area contributed by atoms with Crippen molar-refractivity contribution in [3.05, 3.63) is 59.7 Å². The Morgan fingerprint density at radius 3 is 2.44 bits per heavy atom. The first kappa shape index (κ1) is 33.6. The van der Waals surface area contributed by atoms with Crippen molar-refractivity contribution in [1.82, 2.24) is 40.1 Å². The number of imidazole rings is 1. The second-order valence-electron chi connectivity index (χ2n) is 13.2. The molecule has 0 unspecified atom stereocenters. The quantitative estimate of drug-likeness (QED) is 0.210. The first-order valence-corrected chi connectivity index (χ1v) is 16.4. The van der Waals surface area contributed by atoms with Crippen molar-refractivity contribution in [2.24, 2.45) is 5.41 Å². The van der Waals surface area contributed by atoms with E-state index in [4.69, 9.17) is 25.0 Å². The van der Waals surface area contributed by atoms with Crippen molar-refractivity contribution in [3.63, 3.8) is 0 Å². The molecule has 0 radical (unpaired) electrons. The Kier molecular flexibility index (Phi) is 8.80. The smallest absolute Gasteiger partial charge is 0.475 e. The number of rotatable bonds is 7. The molecule has 13 nitrogen and oxygen atoms in total. The van der Waals surface area contributed by atoms with Gasteiger partial charge in [0, 0.05) is 74.9 Å². The van der Waals surface area contributed by atoms with Gasteiger partial charge in [0.1, 0.15) is 6.17 Å². The van der Waals surface area contributed by atoms with Gasteiger partial charge in [0.05, 0.1) is 17.9 Å². The molecular weight excluding hydrogens is 660 g/mol. The average molecular weight is 697 g/mol. The fourth-order valence-electron chi connectivity index (χ4n) is 6.98. The van der Waals surface area contributed by atoms with Gasteiger partial charge in [-0.15, -0.1) is 5.10 Å². The third-order valence-corrected chi connectivity index (χ3v) is 9.67. The van der Waals surface area contributed by atoms with E-state index in [1.54, 1.807) is 4.52 Å². The number of likely N-dealkylation sites (tertiary alicyclic amines) is 1. The van der Waals surface area contributed by atoms with Gasteiger partial charge in [-0.2, -0.15) is 13.2 Å². The number of alkyl halides is 4. The van der Waals surface area contributed by atoms with E-state index < -0.39 is 24.4 Å². The number of carbonyl (C=O) groups is 2. The van der Waals surface area contributed by atoms with Crippen molar-refractivity contribution in [1.29, 1.82) is 0 Å². The number of carboxylic acids is 1. The van der Waals surface area contributed by atoms with E-state index in [0.29, 0.717) is 23.3 Å². The maximum Gasteiger partial charge on any atom is 0.490 e. The van der Waals surface area contributed by atoms with E-state index in [1.807, 2.05) is 31.6 Å². The fraction of sp³-hybridized carbons (Fsp3) is 0.455. The predicted octanol–water partition coefficient (Wildman–Crippen LogP) is 3.58. The number of amides is 1. The van der Waals surface area contributed by atoms with Crippen molar-refractivity contribution in [2.75, 3.05) is 50.0 Å². The second-order valence-corrected chi connectivity index (χ2v) is 13.2. The van der Waals surface area contributed by atoms with E-state index in [0.717, 1.165) is 74.0 Å². The molecular formula is C33H36F4N10O3. The maximum atomic E-state index is 13.4. The van der Waals surface area contributed by atoms with Crippen LogP contribution in [-0.2, 0) is 17.8 Å².